The Morgan fingerprint density at radius 3 is 2.51 bits per heavy atom. The molecule has 2 bridgehead atoms. The number of halogens is 3. The molecule has 0 saturated carbocycles. The maximum Gasteiger partial charge on any atom is 0.277 e. The molecule has 2 aliphatic rings. The average Bonchev–Trinajstić information content (AvgIpc) is 2.79. The van der Waals surface area contributed by atoms with Gasteiger partial charge in [-0.2, -0.15) is 0 Å². The van der Waals surface area contributed by atoms with Crippen LogP contribution >= 0.6 is 0 Å². The Bertz CT molecular complexity index is 1180. The van der Waals surface area contributed by atoms with Gasteiger partial charge in [0.25, 0.3) is 11.8 Å². The zero-order valence-corrected chi connectivity index (χ0v) is 19.4. The van der Waals surface area contributed by atoms with Crippen molar-refractivity contribution in [2.45, 2.75) is 45.6 Å². The first-order chi connectivity index (χ1) is 16.8. The Morgan fingerprint density at radius 2 is 1.80 bits per heavy atom. The van der Waals surface area contributed by atoms with Gasteiger partial charge in [-0.1, -0.05) is 13.3 Å². The normalized spacial score (nSPS) is 15.4. The SMILES string of the molecule is CCCCOc1c2n(cc(C(=O)NCc3c(F)cc(F)cc3F)c1=O)N1CCCCCN(C1)C2=O. The van der Waals surface area contributed by atoms with Crippen LogP contribution in [0.3, 0.4) is 0 Å². The summed E-state index contributed by atoms with van der Waals surface area (Å²) in [6.07, 6.45) is 5.35. The molecule has 35 heavy (non-hydrogen) atoms. The Hall–Kier alpha value is -3.50. The summed E-state index contributed by atoms with van der Waals surface area (Å²) in [7, 11) is 0. The number of aromatic nitrogens is 1. The van der Waals surface area contributed by atoms with E-state index in [0.29, 0.717) is 38.3 Å². The average molecular weight is 492 g/mol. The molecule has 11 heteroatoms. The van der Waals surface area contributed by atoms with E-state index < -0.39 is 40.9 Å². The standard InChI is InChI=1S/C24H27F3N4O4/c1-2-3-9-35-22-20-24(34)29-7-5-4-6-8-30(14-29)31(20)13-17(21(22)32)23(33)28-12-16-18(26)10-15(25)11-19(16)27/h10-11,13H,2-9,12,14H2,1H3,(H,28,33). The summed E-state index contributed by atoms with van der Waals surface area (Å²) in [4.78, 5) is 41.2. The Balaban J connectivity index is 1.72. The van der Waals surface area contributed by atoms with E-state index in [0.717, 1.165) is 25.7 Å². The summed E-state index contributed by atoms with van der Waals surface area (Å²) >= 11 is 0. The quantitative estimate of drug-likeness (QED) is 0.601. The second-order valence-electron chi connectivity index (χ2n) is 8.63. The van der Waals surface area contributed by atoms with Crippen LogP contribution in [-0.4, -0.2) is 47.8 Å². The van der Waals surface area contributed by atoms with E-state index in [4.69, 9.17) is 4.74 Å². The van der Waals surface area contributed by atoms with Gasteiger partial charge in [-0.15, -0.1) is 0 Å². The van der Waals surface area contributed by atoms with E-state index in [1.807, 2.05) is 11.9 Å². The zero-order chi connectivity index (χ0) is 25.1. The van der Waals surface area contributed by atoms with Crippen molar-refractivity contribution >= 4 is 11.8 Å². The molecule has 1 fully saturated rings. The highest BCUT2D eigenvalue weighted by Gasteiger charge is 2.35. The monoisotopic (exact) mass is 492 g/mol. The van der Waals surface area contributed by atoms with Crippen molar-refractivity contribution in [3.8, 4) is 5.75 Å². The number of nitrogens with one attached hydrogen (secondary N) is 1. The Morgan fingerprint density at radius 1 is 1.09 bits per heavy atom. The first kappa shape index (κ1) is 24.6. The van der Waals surface area contributed by atoms with E-state index in [-0.39, 0.29) is 29.5 Å². The fourth-order valence-electron chi connectivity index (χ4n) is 4.22. The molecule has 188 valence electrons. The van der Waals surface area contributed by atoms with Crippen LogP contribution in [0.15, 0.2) is 23.1 Å². The lowest BCUT2D eigenvalue weighted by Crippen LogP contribution is -2.56. The number of rotatable bonds is 7. The Labute approximate surface area is 200 Å². The predicted molar refractivity (Wildman–Crippen MR) is 121 cm³/mol. The molecule has 1 N–H and O–H groups in total. The molecule has 0 radical (unpaired) electrons. The fraction of sp³-hybridized carbons (Fsp3) is 0.458. The molecule has 0 aliphatic carbocycles. The lowest BCUT2D eigenvalue weighted by molar-refractivity contribution is 0.0669. The first-order valence-corrected chi connectivity index (χ1v) is 11.7. The number of ether oxygens (including phenoxy) is 1. The lowest BCUT2D eigenvalue weighted by atomic mass is 10.1. The number of pyridine rings is 1. The van der Waals surface area contributed by atoms with Crippen molar-refractivity contribution in [1.29, 1.82) is 0 Å². The van der Waals surface area contributed by atoms with Crippen molar-refractivity contribution in [1.82, 2.24) is 14.9 Å². The lowest BCUT2D eigenvalue weighted by Gasteiger charge is -2.41. The number of amides is 2. The smallest absolute Gasteiger partial charge is 0.277 e. The first-order valence-electron chi connectivity index (χ1n) is 11.7. The molecule has 2 amide bonds. The number of fused-ring (bicyclic) bond motifs is 4. The van der Waals surface area contributed by atoms with Crippen molar-refractivity contribution in [2.24, 2.45) is 0 Å². The topological polar surface area (TPSA) is 83.9 Å². The molecule has 1 saturated heterocycles. The number of carbonyl (C=O) groups is 2. The maximum absolute atomic E-state index is 14.0. The van der Waals surface area contributed by atoms with Crippen LogP contribution in [0.1, 0.15) is 65.4 Å². The third-order valence-electron chi connectivity index (χ3n) is 6.14. The van der Waals surface area contributed by atoms with Crippen LogP contribution in [0.4, 0.5) is 13.2 Å². The molecule has 1 aromatic heterocycles. The number of hydrogen-bond donors (Lipinski definition) is 1. The van der Waals surface area contributed by atoms with Gasteiger partial charge in [0.05, 0.1) is 6.61 Å². The molecule has 4 rings (SSSR count). The van der Waals surface area contributed by atoms with Gasteiger partial charge in [0.1, 0.15) is 29.7 Å². The fourth-order valence-corrected chi connectivity index (χ4v) is 4.22. The molecule has 2 aliphatic heterocycles. The van der Waals surface area contributed by atoms with Crippen LogP contribution in [0.25, 0.3) is 0 Å². The van der Waals surface area contributed by atoms with Gasteiger partial charge in [-0.25, -0.2) is 13.2 Å². The minimum absolute atomic E-state index is 0.0615. The maximum atomic E-state index is 14.0. The minimum atomic E-state index is -1.15. The van der Waals surface area contributed by atoms with E-state index in [9.17, 15) is 27.6 Å². The number of nitrogens with zero attached hydrogens (tertiary/aromatic N) is 3. The van der Waals surface area contributed by atoms with Gasteiger partial charge in [0.15, 0.2) is 11.4 Å². The molecule has 1 aromatic carbocycles. The third kappa shape index (κ3) is 4.98. The number of benzene rings is 1. The van der Waals surface area contributed by atoms with Gasteiger partial charge in [-0.3, -0.25) is 24.1 Å². The molecular weight excluding hydrogens is 465 g/mol. The summed E-state index contributed by atoms with van der Waals surface area (Å²) in [5.41, 5.74) is -1.58. The van der Waals surface area contributed by atoms with Crippen molar-refractivity contribution in [2.75, 3.05) is 31.4 Å². The van der Waals surface area contributed by atoms with Crippen LogP contribution in [0.5, 0.6) is 5.75 Å². The highest BCUT2D eigenvalue weighted by molar-refractivity contribution is 5.99. The summed E-state index contributed by atoms with van der Waals surface area (Å²) in [6, 6.07) is 1.02. The molecule has 0 unspecified atom stereocenters. The van der Waals surface area contributed by atoms with Gasteiger partial charge in [0, 0.05) is 43.5 Å². The molecule has 2 aromatic rings. The Kier molecular flexibility index (Phi) is 7.32. The van der Waals surface area contributed by atoms with Crippen molar-refractivity contribution in [3.63, 3.8) is 0 Å². The minimum Gasteiger partial charge on any atom is -0.487 e. The van der Waals surface area contributed by atoms with Gasteiger partial charge in [-0.05, 0) is 25.7 Å². The van der Waals surface area contributed by atoms with Crippen LogP contribution in [-0.2, 0) is 6.54 Å². The number of hydrogen-bond acceptors (Lipinski definition) is 5. The predicted octanol–water partition coefficient (Wildman–Crippen LogP) is 2.91. The molecule has 0 atom stereocenters. The molecule has 0 spiro atoms. The summed E-state index contributed by atoms with van der Waals surface area (Å²) in [5.74, 6) is -4.85. The van der Waals surface area contributed by atoms with E-state index in [1.54, 1.807) is 4.90 Å². The van der Waals surface area contributed by atoms with Gasteiger partial charge in [0.2, 0.25) is 5.43 Å². The van der Waals surface area contributed by atoms with Gasteiger partial charge >= 0.3 is 0 Å². The largest absolute Gasteiger partial charge is 0.487 e. The van der Waals surface area contributed by atoms with E-state index in [2.05, 4.69) is 5.32 Å². The molecule has 8 nitrogen and oxygen atoms in total. The van der Waals surface area contributed by atoms with Crippen molar-refractivity contribution in [3.05, 3.63) is 62.8 Å². The van der Waals surface area contributed by atoms with Crippen LogP contribution in [0, 0.1) is 17.5 Å². The van der Waals surface area contributed by atoms with Crippen LogP contribution < -0.4 is 20.5 Å². The summed E-state index contributed by atoms with van der Waals surface area (Å²) < 4.78 is 48.4. The van der Waals surface area contributed by atoms with E-state index >= 15 is 0 Å². The van der Waals surface area contributed by atoms with Gasteiger partial charge < -0.3 is 15.0 Å². The summed E-state index contributed by atoms with van der Waals surface area (Å²) in [5, 5.41) is 4.18. The third-order valence-corrected chi connectivity index (χ3v) is 6.14. The summed E-state index contributed by atoms with van der Waals surface area (Å²) in [6.45, 7) is 2.99. The van der Waals surface area contributed by atoms with Crippen molar-refractivity contribution < 1.29 is 27.5 Å². The van der Waals surface area contributed by atoms with Crippen LogP contribution in [0.2, 0.25) is 0 Å². The number of unbranched alkanes of at least 4 members (excludes halogenated alkanes) is 1. The highest BCUT2D eigenvalue weighted by Crippen LogP contribution is 2.25. The highest BCUT2D eigenvalue weighted by atomic mass is 19.1. The second kappa shape index (κ2) is 10.4. The zero-order valence-electron chi connectivity index (χ0n) is 19.4. The molecular formula is C24H27F3N4O4. The molecule has 3 heterocycles. The number of carbonyl (C=O) groups excluding carboxylic acids is 2. The van der Waals surface area contributed by atoms with E-state index in [1.165, 1.54) is 10.9 Å². The second-order valence-corrected chi connectivity index (χ2v) is 8.63.